The largest absolute Gasteiger partial charge is 0.369 e. The maximum atomic E-state index is 10.8. The first-order valence-corrected chi connectivity index (χ1v) is 5.40. The van der Waals surface area contributed by atoms with E-state index in [0.717, 1.165) is 18.8 Å². The molecule has 1 aliphatic rings. The second-order valence-electron chi connectivity index (χ2n) is 3.92. The van der Waals surface area contributed by atoms with Crippen LogP contribution in [-0.4, -0.2) is 5.91 Å². The summed E-state index contributed by atoms with van der Waals surface area (Å²) in [6.07, 6.45) is 3.22. The Morgan fingerprint density at radius 1 is 1.31 bits per heavy atom. The lowest BCUT2D eigenvalue weighted by Crippen LogP contribution is -2.21. The number of amides is 1. The molecule has 0 aromatic carbocycles. The van der Waals surface area contributed by atoms with Crippen molar-refractivity contribution < 1.29 is 4.79 Å². The predicted octanol–water partition coefficient (Wildman–Crippen LogP) is 2.57. The summed E-state index contributed by atoms with van der Waals surface area (Å²) in [4.78, 5) is 10.8. The smallest absolute Gasteiger partial charge is 0.220 e. The Hall–Kier alpha value is -0.530. The quantitative estimate of drug-likeness (QED) is 0.706. The zero-order valence-corrected chi connectivity index (χ0v) is 9.34. The molecule has 1 rings (SSSR count). The standard InChI is InChI=1S/C9H17NO.C2H6/c1-6(2)7-3-4-8(5-7)9(10)11;1-2/h6-8H,3-5H2,1-2H3,(H2,10,11);1-2H3. The van der Waals surface area contributed by atoms with E-state index in [-0.39, 0.29) is 11.8 Å². The first kappa shape index (κ1) is 12.5. The van der Waals surface area contributed by atoms with E-state index in [1.54, 1.807) is 0 Å². The van der Waals surface area contributed by atoms with Gasteiger partial charge in [-0.3, -0.25) is 4.79 Å². The Morgan fingerprint density at radius 3 is 2.08 bits per heavy atom. The van der Waals surface area contributed by atoms with Gasteiger partial charge in [0.25, 0.3) is 0 Å². The first-order chi connectivity index (χ1) is 6.11. The van der Waals surface area contributed by atoms with Crippen LogP contribution in [0.3, 0.4) is 0 Å². The fourth-order valence-corrected chi connectivity index (χ4v) is 1.88. The van der Waals surface area contributed by atoms with E-state index in [1.165, 1.54) is 6.42 Å². The van der Waals surface area contributed by atoms with Crippen LogP contribution in [0.5, 0.6) is 0 Å². The molecule has 78 valence electrons. The van der Waals surface area contributed by atoms with E-state index in [2.05, 4.69) is 13.8 Å². The van der Waals surface area contributed by atoms with Gasteiger partial charge in [0.15, 0.2) is 0 Å². The number of hydrogen-bond acceptors (Lipinski definition) is 1. The van der Waals surface area contributed by atoms with Crippen LogP contribution in [0.25, 0.3) is 0 Å². The highest BCUT2D eigenvalue weighted by molar-refractivity contribution is 5.76. The van der Waals surface area contributed by atoms with Gasteiger partial charge in [-0.2, -0.15) is 0 Å². The second kappa shape index (κ2) is 6.01. The Labute approximate surface area is 81.9 Å². The SMILES string of the molecule is CC.CC(C)C1CCC(C(N)=O)C1. The van der Waals surface area contributed by atoms with Gasteiger partial charge in [0, 0.05) is 5.92 Å². The van der Waals surface area contributed by atoms with Crippen molar-refractivity contribution in [1.82, 2.24) is 0 Å². The van der Waals surface area contributed by atoms with Gasteiger partial charge >= 0.3 is 0 Å². The van der Waals surface area contributed by atoms with Crippen LogP contribution < -0.4 is 5.73 Å². The van der Waals surface area contributed by atoms with Crippen LogP contribution in [0.1, 0.15) is 47.0 Å². The van der Waals surface area contributed by atoms with E-state index in [1.807, 2.05) is 13.8 Å². The van der Waals surface area contributed by atoms with Crippen LogP contribution in [0.2, 0.25) is 0 Å². The van der Waals surface area contributed by atoms with Crippen molar-refractivity contribution in [3.8, 4) is 0 Å². The molecule has 0 heterocycles. The van der Waals surface area contributed by atoms with Crippen LogP contribution in [-0.2, 0) is 4.79 Å². The number of nitrogens with two attached hydrogens (primary N) is 1. The van der Waals surface area contributed by atoms with Gasteiger partial charge in [0.1, 0.15) is 0 Å². The molecule has 2 atom stereocenters. The molecule has 1 fully saturated rings. The summed E-state index contributed by atoms with van der Waals surface area (Å²) in [6.45, 7) is 8.43. The lowest BCUT2D eigenvalue weighted by Gasteiger charge is -2.12. The van der Waals surface area contributed by atoms with Crippen LogP contribution in [0.4, 0.5) is 0 Å². The Morgan fingerprint density at radius 2 is 1.85 bits per heavy atom. The van der Waals surface area contributed by atoms with E-state index in [0.29, 0.717) is 5.92 Å². The summed E-state index contributed by atoms with van der Waals surface area (Å²) in [6, 6.07) is 0. The highest BCUT2D eigenvalue weighted by atomic mass is 16.1. The maximum Gasteiger partial charge on any atom is 0.220 e. The minimum absolute atomic E-state index is 0.104. The van der Waals surface area contributed by atoms with Crippen molar-refractivity contribution >= 4 is 5.91 Å². The lowest BCUT2D eigenvalue weighted by atomic mass is 9.93. The highest BCUT2D eigenvalue weighted by Gasteiger charge is 2.29. The Kier molecular flexibility index (Phi) is 5.76. The van der Waals surface area contributed by atoms with Crippen molar-refractivity contribution in [3.05, 3.63) is 0 Å². The molecule has 0 bridgehead atoms. The number of hydrogen-bond donors (Lipinski definition) is 1. The second-order valence-corrected chi connectivity index (χ2v) is 3.92. The summed E-state index contributed by atoms with van der Waals surface area (Å²) in [5.74, 6) is 1.50. The molecular formula is C11H23NO. The van der Waals surface area contributed by atoms with E-state index < -0.39 is 0 Å². The molecule has 1 aliphatic carbocycles. The average molecular weight is 185 g/mol. The van der Waals surface area contributed by atoms with E-state index in [9.17, 15) is 4.79 Å². The lowest BCUT2D eigenvalue weighted by molar-refractivity contribution is -0.121. The summed E-state index contributed by atoms with van der Waals surface area (Å²) in [5.41, 5.74) is 5.22. The van der Waals surface area contributed by atoms with Gasteiger partial charge in [-0.05, 0) is 31.1 Å². The van der Waals surface area contributed by atoms with Crippen molar-refractivity contribution in [2.24, 2.45) is 23.5 Å². The molecule has 0 aliphatic heterocycles. The molecule has 2 heteroatoms. The number of primary amides is 1. The van der Waals surface area contributed by atoms with E-state index in [4.69, 9.17) is 5.73 Å². The molecule has 0 aromatic rings. The van der Waals surface area contributed by atoms with Crippen molar-refractivity contribution in [2.45, 2.75) is 47.0 Å². The third-order valence-electron chi connectivity index (χ3n) is 2.82. The van der Waals surface area contributed by atoms with Crippen LogP contribution in [0.15, 0.2) is 0 Å². The highest BCUT2D eigenvalue weighted by Crippen LogP contribution is 2.35. The van der Waals surface area contributed by atoms with Crippen molar-refractivity contribution in [2.75, 3.05) is 0 Å². The van der Waals surface area contributed by atoms with Gasteiger partial charge in [-0.15, -0.1) is 0 Å². The molecule has 2 N–H and O–H groups in total. The van der Waals surface area contributed by atoms with Gasteiger partial charge < -0.3 is 5.73 Å². The minimum atomic E-state index is -0.104. The molecule has 13 heavy (non-hydrogen) atoms. The number of carbonyl (C=O) groups is 1. The molecule has 0 saturated heterocycles. The third-order valence-corrected chi connectivity index (χ3v) is 2.82. The summed E-state index contributed by atoms with van der Waals surface area (Å²) in [7, 11) is 0. The summed E-state index contributed by atoms with van der Waals surface area (Å²) in [5, 5.41) is 0. The predicted molar refractivity (Wildman–Crippen MR) is 56.2 cm³/mol. The zero-order valence-electron chi connectivity index (χ0n) is 9.34. The Bertz CT molecular complexity index is 154. The maximum absolute atomic E-state index is 10.8. The normalized spacial score (nSPS) is 26.8. The van der Waals surface area contributed by atoms with Gasteiger partial charge in [-0.25, -0.2) is 0 Å². The fourth-order valence-electron chi connectivity index (χ4n) is 1.88. The molecule has 0 spiro atoms. The summed E-state index contributed by atoms with van der Waals surface area (Å²) < 4.78 is 0. The first-order valence-electron chi connectivity index (χ1n) is 5.40. The molecule has 0 radical (unpaired) electrons. The van der Waals surface area contributed by atoms with Gasteiger partial charge in [-0.1, -0.05) is 27.7 Å². The molecule has 1 amide bonds. The average Bonchev–Trinajstić information content (AvgIpc) is 2.56. The summed E-state index contributed by atoms with van der Waals surface area (Å²) >= 11 is 0. The topological polar surface area (TPSA) is 43.1 Å². The third kappa shape index (κ3) is 3.79. The molecule has 2 nitrogen and oxygen atoms in total. The van der Waals surface area contributed by atoms with Crippen LogP contribution >= 0.6 is 0 Å². The molecule has 0 aromatic heterocycles. The monoisotopic (exact) mass is 185 g/mol. The number of carbonyl (C=O) groups excluding carboxylic acids is 1. The fraction of sp³-hybridized carbons (Fsp3) is 0.909. The van der Waals surface area contributed by atoms with Crippen molar-refractivity contribution in [1.29, 1.82) is 0 Å². The van der Waals surface area contributed by atoms with E-state index >= 15 is 0 Å². The molecule has 2 unspecified atom stereocenters. The molecular weight excluding hydrogens is 162 g/mol. The van der Waals surface area contributed by atoms with Gasteiger partial charge in [0.2, 0.25) is 5.91 Å². The van der Waals surface area contributed by atoms with Crippen molar-refractivity contribution in [3.63, 3.8) is 0 Å². The van der Waals surface area contributed by atoms with Gasteiger partial charge in [0.05, 0.1) is 0 Å². The number of rotatable bonds is 2. The Balaban J connectivity index is 0.000000671. The zero-order chi connectivity index (χ0) is 10.4. The van der Waals surface area contributed by atoms with Crippen LogP contribution in [0, 0.1) is 17.8 Å². The minimum Gasteiger partial charge on any atom is -0.369 e. The molecule has 1 saturated carbocycles.